The van der Waals surface area contributed by atoms with Crippen LogP contribution in [-0.2, 0) is 0 Å². The van der Waals surface area contributed by atoms with Crippen molar-refractivity contribution in [1.82, 2.24) is 40.0 Å². The minimum atomic E-state index is -0.146. The van der Waals surface area contributed by atoms with Gasteiger partial charge < -0.3 is 15.2 Å². The van der Waals surface area contributed by atoms with E-state index < -0.39 is 0 Å². The first-order chi connectivity index (χ1) is 16.8. The van der Waals surface area contributed by atoms with Crippen molar-refractivity contribution in [2.45, 2.75) is 13.8 Å². The highest BCUT2D eigenvalue weighted by Gasteiger charge is 2.19. The predicted octanol–water partition coefficient (Wildman–Crippen LogP) is 4.24. The Balaban J connectivity index is 1.56. The number of pyridine rings is 3. The summed E-state index contributed by atoms with van der Waals surface area (Å²) in [6.07, 6.45) is 6.91. The highest BCUT2D eigenvalue weighted by molar-refractivity contribution is 6.04. The number of carbonyl (C=O) groups excluding carboxylic acids is 1. The van der Waals surface area contributed by atoms with Gasteiger partial charge in [0.2, 0.25) is 0 Å². The zero-order chi connectivity index (χ0) is 24.7. The number of allylic oxidation sites excluding steroid dienone is 1. The molecule has 5 heterocycles. The summed E-state index contributed by atoms with van der Waals surface area (Å²) >= 11 is 0. The first-order valence-corrected chi connectivity index (χ1v) is 11.1. The molecule has 0 atom stereocenters. The fraction of sp³-hybridized carbons (Fsp3) is 0.200. The van der Waals surface area contributed by atoms with Gasteiger partial charge in [-0.1, -0.05) is 20.4 Å². The second-order valence-corrected chi connectivity index (χ2v) is 8.80. The Morgan fingerprint density at radius 3 is 2.66 bits per heavy atom. The molecule has 10 heteroatoms. The van der Waals surface area contributed by atoms with Gasteiger partial charge in [0, 0.05) is 49.5 Å². The minimum absolute atomic E-state index is 0.146. The van der Waals surface area contributed by atoms with Crippen LogP contribution in [0.5, 0.6) is 0 Å². The van der Waals surface area contributed by atoms with Crippen molar-refractivity contribution in [3.63, 3.8) is 0 Å². The number of nitrogens with zero attached hydrogens (tertiary/aromatic N) is 6. The molecule has 0 radical (unpaired) electrons. The molecule has 5 rings (SSSR count). The lowest BCUT2D eigenvalue weighted by Crippen LogP contribution is -2.22. The van der Waals surface area contributed by atoms with E-state index in [1.807, 2.05) is 12.1 Å². The monoisotopic (exact) mass is 467 g/mol. The molecule has 0 aliphatic heterocycles. The van der Waals surface area contributed by atoms with Crippen LogP contribution >= 0.6 is 0 Å². The van der Waals surface area contributed by atoms with Gasteiger partial charge in [-0.3, -0.25) is 14.9 Å². The second kappa shape index (κ2) is 8.64. The number of hydrogen-bond acceptors (Lipinski definition) is 7. The summed E-state index contributed by atoms with van der Waals surface area (Å²) in [6.45, 7) is 8.24. The Kier molecular flexibility index (Phi) is 5.48. The number of aromatic amines is 2. The highest BCUT2D eigenvalue weighted by Crippen LogP contribution is 2.30. The molecule has 5 aromatic rings. The molecule has 10 nitrogen and oxygen atoms in total. The first-order valence-electron chi connectivity index (χ1n) is 11.1. The van der Waals surface area contributed by atoms with Crippen molar-refractivity contribution in [3.05, 3.63) is 60.8 Å². The summed E-state index contributed by atoms with van der Waals surface area (Å²) in [5.74, 6) is 0.655. The van der Waals surface area contributed by atoms with Crippen molar-refractivity contribution in [2.75, 3.05) is 19.4 Å². The van der Waals surface area contributed by atoms with Gasteiger partial charge >= 0.3 is 0 Å². The second-order valence-electron chi connectivity index (χ2n) is 8.80. The average molecular weight is 468 g/mol. The van der Waals surface area contributed by atoms with E-state index in [4.69, 9.17) is 0 Å². The number of aromatic nitrogens is 7. The SMILES string of the molecule is C=C(Nc1cncc(-c2cnc3[nH]nc(-c4nc5c(C(=O)N(C)C)ccnc5[nH]4)c3c2)c1)C(C)C. The lowest BCUT2D eigenvalue weighted by molar-refractivity contribution is 0.0829. The standard InChI is InChI=1S/C25H25N9O/c1-13(2)14(3)29-17-8-15(10-26-12-17)16-9-19-21(32-33-22(19)28-11-16)24-30-20-18(25(35)34(4)5)6-7-27-23(20)31-24/h6-13,29H,3H2,1-2,4-5H3,(H,27,30,31)(H,28,32,33). The lowest BCUT2D eigenvalue weighted by atomic mass is 10.1. The van der Waals surface area contributed by atoms with E-state index in [1.54, 1.807) is 44.9 Å². The normalized spacial score (nSPS) is 11.3. The average Bonchev–Trinajstić information content (AvgIpc) is 3.47. The van der Waals surface area contributed by atoms with Gasteiger partial charge in [0.1, 0.15) is 11.2 Å². The maximum atomic E-state index is 12.6. The van der Waals surface area contributed by atoms with Gasteiger partial charge in [0.15, 0.2) is 17.1 Å². The topological polar surface area (TPSA) is 128 Å². The predicted molar refractivity (Wildman–Crippen MR) is 136 cm³/mol. The van der Waals surface area contributed by atoms with Crippen molar-refractivity contribution < 1.29 is 4.79 Å². The molecule has 1 amide bonds. The minimum Gasteiger partial charge on any atom is -0.358 e. The Bertz CT molecular complexity index is 1580. The number of nitrogens with one attached hydrogen (secondary N) is 3. The van der Waals surface area contributed by atoms with Gasteiger partial charge in [-0.15, -0.1) is 0 Å². The van der Waals surface area contributed by atoms with Crippen LogP contribution in [0, 0.1) is 5.92 Å². The van der Waals surface area contributed by atoms with E-state index in [0.29, 0.717) is 39.8 Å². The zero-order valence-corrected chi connectivity index (χ0v) is 19.9. The summed E-state index contributed by atoms with van der Waals surface area (Å²) in [7, 11) is 3.41. The number of fused-ring (bicyclic) bond motifs is 2. The van der Waals surface area contributed by atoms with Crippen LogP contribution in [0.25, 0.3) is 44.8 Å². The van der Waals surface area contributed by atoms with Gasteiger partial charge in [-0.25, -0.2) is 15.0 Å². The van der Waals surface area contributed by atoms with Crippen LogP contribution in [0.1, 0.15) is 24.2 Å². The summed E-state index contributed by atoms with van der Waals surface area (Å²) in [6, 6.07) is 5.67. The van der Waals surface area contributed by atoms with Crippen LogP contribution < -0.4 is 5.32 Å². The fourth-order valence-electron chi connectivity index (χ4n) is 3.67. The van der Waals surface area contributed by atoms with Crippen molar-refractivity contribution in [3.8, 4) is 22.6 Å². The van der Waals surface area contributed by atoms with Crippen molar-refractivity contribution >= 4 is 33.8 Å². The fourth-order valence-corrected chi connectivity index (χ4v) is 3.67. The lowest BCUT2D eigenvalue weighted by Gasteiger charge is -2.13. The first kappa shape index (κ1) is 22.2. The molecule has 0 unspecified atom stereocenters. The highest BCUT2D eigenvalue weighted by atomic mass is 16.2. The Morgan fingerprint density at radius 2 is 1.89 bits per heavy atom. The number of amides is 1. The number of anilines is 1. The molecule has 5 aromatic heterocycles. The molecule has 176 valence electrons. The third kappa shape index (κ3) is 4.10. The van der Waals surface area contributed by atoms with Gasteiger partial charge in [-0.05, 0) is 24.1 Å². The smallest absolute Gasteiger partial charge is 0.255 e. The van der Waals surface area contributed by atoms with E-state index in [1.165, 1.54) is 4.90 Å². The molecule has 0 spiro atoms. The van der Waals surface area contributed by atoms with Gasteiger partial charge in [0.05, 0.1) is 22.8 Å². The number of hydrogen-bond donors (Lipinski definition) is 3. The summed E-state index contributed by atoms with van der Waals surface area (Å²) in [5, 5.41) is 11.5. The number of carbonyl (C=O) groups is 1. The Hall–Kier alpha value is -4.60. The maximum Gasteiger partial charge on any atom is 0.255 e. The molecular formula is C25H25N9O. The van der Waals surface area contributed by atoms with Crippen LogP contribution in [0.15, 0.2) is 55.3 Å². The number of H-pyrrole nitrogens is 2. The van der Waals surface area contributed by atoms with Crippen LogP contribution in [0.2, 0.25) is 0 Å². The Labute approximate surface area is 201 Å². The van der Waals surface area contributed by atoms with E-state index >= 15 is 0 Å². The third-order valence-corrected chi connectivity index (χ3v) is 5.74. The molecule has 0 aliphatic rings. The van der Waals surface area contributed by atoms with E-state index in [2.05, 4.69) is 60.9 Å². The molecule has 0 aliphatic carbocycles. The van der Waals surface area contributed by atoms with Gasteiger partial charge in [-0.2, -0.15) is 5.10 Å². The zero-order valence-electron chi connectivity index (χ0n) is 19.9. The summed E-state index contributed by atoms with van der Waals surface area (Å²) in [5.41, 5.74) is 6.25. The molecule has 0 bridgehead atoms. The van der Waals surface area contributed by atoms with Crippen LogP contribution in [-0.4, -0.2) is 60.0 Å². The van der Waals surface area contributed by atoms with Crippen molar-refractivity contribution in [2.24, 2.45) is 5.92 Å². The Morgan fingerprint density at radius 1 is 1.09 bits per heavy atom. The molecule has 0 aromatic carbocycles. The summed E-state index contributed by atoms with van der Waals surface area (Å²) in [4.78, 5) is 35.2. The van der Waals surface area contributed by atoms with Crippen LogP contribution in [0.3, 0.4) is 0 Å². The molecule has 35 heavy (non-hydrogen) atoms. The quantitative estimate of drug-likeness (QED) is 0.341. The number of rotatable bonds is 6. The third-order valence-electron chi connectivity index (χ3n) is 5.74. The van der Waals surface area contributed by atoms with E-state index in [9.17, 15) is 4.79 Å². The van der Waals surface area contributed by atoms with E-state index in [0.717, 1.165) is 27.9 Å². The van der Waals surface area contributed by atoms with E-state index in [-0.39, 0.29) is 5.91 Å². The molecule has 0 fully saturated rings. The number of imidazole rings is 1. The van der Waals surface area contributed by atoms with Crippen molar-refractivity contribution in [1.29, 1.82) is 0 Å². The molecule has 0 saturated heterocycles. The maximum absolute atomic E-state index is 12.6. The summed E-state index contributed by atoms with van der Waals surface area (Å²) < 4.78 is 0. The van der Waals surface area contributed by atoms with Gasteiger partial charge in [0.25, 0.3) is 5.91 Å². The largest absolute Gasteiger partial charge is 0.358 e. The van der Waals surface area contributed by atoms with Crippen LogP contribution in [0.4, 0.5) is 5.69 Å². The molecule has 3 N–H and O–H groups in total. The molecular weight excluding hydrogens is 442 g/mol. The molecule has 0 saturated carbocycles.